The molecule has 2 atom stereocenters. The van der Waals surface area contributed by atoms with Crippen LogP contribution in [0.3, 0.4) is 0 Å². The smallest absolute Gasteiger partial charge is 0.324 e. The molecule has 2 aliphatic rings. The van der Waals surface area contributed by atoms with Crippen molar-refractivity contribution in [3.8, 4) is 5.69 Å². The highest BCUT2D eigenvalue weighted by atomic mass is 16.2. The number of anilines is 2. The molecule has 0 radical (unpaired) electrons. The lowest BCUT2D eigenvalue weighted by Gasteiger charge is -2.29. The highest BCUT2D eigenvalue weighted by Gasteiger charge is 2.50. The summed E-state index contributed by atoms with van der Waals surface area (Å²) >= 11 is 0. The number of hydrogen-bond donors (Lipinski definition) is 2. The SMILES string of the molecule is C[C@@H]1CC(=O)Nc2ccccc2N1C(=O)CN1C(=O)N[C@@](C)(c2cccc(-n3cnnn3)c2)C1=O. The van der Waals surface area contributed by atoms with Crippen molar-refractivity contribution in [3.63, 3.8) is 0 Å². The fraction of sp³-hybridized carbons (Fsp3) is 0.261. The van der Waals surface area contributed by atoms with Gasteiger partial charge < -0.3 is 15.5 Å². The molecular formula is C23H22N8O4. The predicted molar refractivity (Wildman–Crippen MR) is 123 cm³/mol. The quantitative estimate of drug-likeness (QED) is 0.541. The van der Waals surface area contributed by atoms with Crippen LogP contribution < -0.4 is 15.5 Å². The van der Waals surface area contributed by atoms with E-state index in [0.29, 0.717) is 22.6 Å². The van der Waals surface area contributed by atoms with Crippen molar-refractivity contribution in [2.75, 3.05) is 16.8 Å². The van der Waals surface area contributed by atoms with Crippen LogP contribution in [0, 0.1) is 0 Å². The number of rotatable bonds is 4. The van der Waals surface area contributed by atoms with E-state index in [1.165, 1.54) is 15.9 Å². The number of nitrogens with zero attached hydrogens (tertiary/aromatic N) is 6. The number of urea groups is 1. The number of imide groups is 1. The Morgan fingerprint density at radius 2 is 1.94 bits per heavy atom. The van der Waals surface area contributed by atoms with Crippen molar-refractivity contribution in [1.82, 2.24) is 30.4 Å². The summed E-state index contributed by atoms with van der Waals surface area (Å²) in [6.45, 7) is 2.86. The number of benzene rings is 2. The van der Waals surface area contributed by atoms with E-state index in [1.54, 1.807) is 62.4 Å². The third-order valence-electron chi connectivity index (χ3n) is 6.23. The first-order chi connectivity index (χ1) is 16.8. The Balaban J connectivity index is 1.42. The lowest BCUT2D eigenvalue weighted by molar-refractivity contribution is -0.134. The maximum atomic E-state index is 13.5. The summed E-state index contributed by atoms with van der Waals surface area (Å²) in [4.78, 5) is 54.4. The number of nitrogens with one attached hydrogen (secondary N) is 2. The number of para-hydroxylation sites is 2. The molecule has 2 aliphatic heterocycles. The summed E-state index contributed by atoms with van der Waals surface area (Å²) in [6, 6.07) is 12.7. The van der Waals surface area contributed by atoms with Crippen LogP contribution in [0.1, 0.15) is 25.8 Å². The van der Waals surface area contributed by atoms with Gasteiger partial charge in [-0.25, -0.2) is 9.48 Å². The second kappa shape index (κ2) is 8.31. The van der Waals surface area contributed by atoms with Crippen molar-refractivity contribution in [1.29, 1.82) is 0 Å². The van der Waals surface area contributed by atoms with E-state index in [2.05, 4.69) is 26.2 Å². The summed E-state index contributed by atoms with van der Waals surface area (Å²) in [5.41, 5.74) is 0.748. The minimum atomic E-state index is -1.39. The molecule has 12 nitrogen and oxygen atoms in total. The molecule has 0 aliphatic carbocycles. The first kappa shape index (κ1) is 22.2. The van der Waals surface area contributed by atoms with E-state index >= 15 is 0 Å². The van der Waals surface area contributed by atoms with Crippen LogP contribution in [0.2, 0.25) is 0 Å². The van der Waals surface area contributed by atoms with E-state index in [-0.39, 0.29) is 12.3 Å². The van der Waals surface area contributed by atoms with Gasteiger partial charge in [0.05, 0.1) is 17.1 Å². The molecule has 12 heteroatoms. The Bertz CT molecular complexity index is 1340. The van der Waals surface area contributed by atoms with Gasteiger partial charge in [0.25, 0.3) is 5.91 Å². The maximum absolute atomic E-state index is 13.5. The van der Waals surface area contributed by atoms with Crippen LogP contribution in [-0.4, -0.2) is 61.4 Å². The summed E-state index contributed by atoms with van der Waals surface area (Å²) in [5, 5.41) is 16.6. The highest BCUT2D eigenvalue weighted by molar-refractivity contribution is 6.12. The zero-order valence-electron chi connectivity index (χ0n) is 19.0. The first-order valence-corrected chi connectivity index (χ1v) is 11.0. The van der Waals surface area contributed by atoms with Crippen molar-refractivity contribution in [2.45, 2.75) is 31.8 Å². The Kier molecular flexibility index (Phi) is 5.27. The molecule has 1 saturated heterocycles. The van der Waals surface area contributed by atoms with Crippen LogP contribution in [-0.2, 0) is 19.9 Å². The van der Waals surface area contributed by atoms with Crippen LogP contribution >= 0.6 is 0 Å². The summed E-state index contributed by atoms with van der Waals surface area (Å²) in [7, 11) is 0. The topological polar surface area (TPSA) is 142 Å². The molecule has 0 unspecified atom stereocenters. The number of amides is 5. The molecule has 1 fully saturated rings. The summed E-state index contributed by atoms with van der Waals surface area (Å²) in [6.07, 6.45) is 1.50. The number of tetrazole rings is 1. The normalized spacial score (nSPS) is 21.9. The van der Waals surface area contributed by atoms with Gasteiger partial charge in [0.2, 0.25) is 11.8 Å². The van der Waals surface area contributed by atoms with Crippen molar-refractivity contribution >= 4 is 35.1 Å². The number of carbonyl (C=O) groups excluding carboxylic acids is 4. The van der Waals surface area contributed by atoms with E-state index in [0.717, 1.165) is 4.90 Å². The molecule has 2 aromatic carbocycles. The number of aromatic nitrogens is 4. The van der Waals surface area contributed by atoms with Crippen LogP contribution in [0.5, 0.6) is 0 Å². The average molecular weight is 474 g/mol. The molecule has 178 valence electrons. The molecule has 3 heterocycles. The third kappa shape index (κ3) is 3.78. The lowest BCUT2D eigenvalue weighted by Crippen LogP contribution is -2.47. The monoisotopic (exact) mass is 474 g/mol. The molecular weight excluding hydrogens is 452 g/mol. The standard InChI is InChI=1S/C23H22N8O4/c1-14-10-19(32)25-17-8-3-4-9-18(17)31(14)20(33)12-29-21(34)23(2,26-22(29)35)15-6-5-7-16(11-15)30-13-24-27-28-30/h3-9,11,13-14H,10,12H2,1-2H3,(H,25,32)(H,26,35)/t14-,23+/m1/s1. The fourth-order valence-corrected chi connectivity index (χ4v) is 4.45. The summed E-state index contributed by atoms with van der Waals surface area (Å²) < 4.78 is 1.43. The van der Waals surface area contributed by atoms with Gasteiger partial charge in [-0.1, -0.05) is 24.3 Å². The number of hydrogen-bond acceptors (Lipinski definition) is 7. The lowest BCUT2D eigenvalue weighted by atomic mass is 9.91. The first-order valence-electron chi connectivity index (χ1n) is 11.0. The molecule has 3 aromatic rings. The van der Waals surface area contributed by atoms with Gasteiger partial charge >= 0.3 is 6.03 Å². The molecule has 5 amide bonds. The van der Waals surface area contributed by atoms with Gasteiger partial charge in [0.1, 0.15) is 18.4 Å². The van der Waals surface area contributed by atoms with Gasteiger partial charge in [-0.05, 0) is 54.1 Å². The second-order valence-corrected chi connectivity index (χ2v) is 8.63. The average Bonchev–Trinajstić information content (AvgIpc) is 3.41. The third-order valence-corrected chi connectivity index (χ3v) is 6.23. The molecule has 0 bridgehead atoms. The zero-order chi connectivity index (χ0) is 24.7. The minimum absolute atomic E-state index is 0.0855. The Morgan fingerprint density at radius 3 is 2.71 bits per heavy atom. The molecule has 35 heavy (non-hydrogen) atoms. The molecule has 5 rings (SSSR count). The fourth-order valence-electron chi connectivity index (χ4n) is 4.45. The van der Waals surface area contributed by atoms with Crippen LogP contribution in [0.4, 0.5) is 16.2 Å². The number of fused-ring (bicyclic) bond motifs is 1. The van der Waals surface area contributed by atoms with Gasteiger partial charge in [-0.15, -0.1) is 5.10 Å². The predicted octanol–water partition coefficient (Wildman–Crippen LogP) is 1.19. The van der Waals surface area contributed by atoms with Gasteiger partial charge in [-0.2, -0.15) is 0 Å². The zero-order valence-corrected chi connectivity index (χ0v) is 19.0. The maximum Gasteiger partial charge on any atom is 0.325 e. The molecule has 2 N–H and O–H groups in total. The Labute approximate surface area is 199 Å². The molecule has 1 aromatic heterocycles. The van der Waals surface area contributed by atoms with E-state index in [4.69, 9.17) is 0 Å². The van der Waals surface area contributed by atoms with Gasteiger partial charge in [0.15, 0.2) is 0 Å². The molecule has 0 spiro atoms. The van der Waals surface area contributed by atoms with E-state index < -0.39 is 36.0 Å². The molecule has 0 saturated carbocycles. The van der Waals surface area contributed by atoms with Gasteiger partial charge in [-0.3, -0.25) is 19.3 Å². The van der Waals surface area contributed by atoms with Crippen molar-refractivity contribution in [3.05, 3.63) is 60.4 Å². The number of carbonyl (C=O) groups is 4. The Hall–Kier alpha value is -4.61. The van der Waals surface area contributed by atoms with E-state index in [9.17, 15) is 19.2 Å². The van der Waals surface area contributed by atoms with Crippen molar-refractivity contribution in [2.24, 2.45) is 0 Å². The van der Waals surface area contributed by atoms with Crippen LogP contribution in [0.15, 0.2) is 54.9 Å². The van der Waals surface area contributed by atoms with E-state index in [1.807, 2.05) is 0 Å². The highest BCUT2D eigenvalue weighted by Crippen LogP contribution is 2.33. The summed E-state index contributed by atoms with van der Waals surface area (Å²) in [5.74, 6) is -1.25. The minimum Gasteiger partial charge on any atom is -0.324 e. The largest absolute Gasteiger partial charge is 0.325 e. The van der Waals surface area contributed by atoms with Crippen LogP contribution in [0.25, 0.3) is 5.69 Å². The van der Waals surface area contributed by atoms with Gasteiger partial charge in [0, 0.05) is 12.5 Å². The van der Waals surface area contributed by atoms with Crippen molar-refractivity contribution < 1.29 is 19.2 Å². The second-order valence-electron chi connectivity index (χ2n) is 8.63. The Morgan fingerprint density at radius 1 is 1.14 bits per heavy atom.